The highest BCUT2D eigenvalue weighted by molar-refractivity contribution is 4.44. The molecule has 0 saturated heterocycles. The van der Waals surface area contributed by atoms with Gasteiger partial charge in [-0.2, -0.15) is 0 Å². The summed E-state index contributed by atoms with van der Waals surface area (Å²) in [5.41, 5.74) is 8.06. The van der Waals surface area contributed by atoms with Gasteiger partial charge in [0.25, 0.3) is 0 Å². The summed E-state index contributed by atoms with van der Waals surface area (Å²) >= 11 is 0. The van der Waals surface area contributed by atoms with Gasteiger partial charge in [-0.05, 0) is 5.53 Å². The van der Waals surface area contributed by atoms with Crippen molar-refractivity contribution in [3.05, 3.63) is 10.4 Å². The van der Waals surface area contributed by atoms with Gasteiger partial charge in [0.15, 0.2) is 0 Å². The van der Waals surface area contributed by atoms with Gasteiger partial charge in [-0.1, -0.05) is 5.11 Å². The summed E-state index contributed by atoms with van der Waals surface area (Å²) in [4.78, 5) is 2.62. The summed E-state index contributed by atoms with van der Waals surface area (Å²) in [6.07, 6.45) is 0. The summed E-state index contributed by atoms with van der Waals surface area (Å²) in [5, 5.41) is 11.8. The van der Waals surface area contributed by atoms with E-state index >= 15 is 0 Å². The van der Waals surface area contributed by atoms with E-state index < -0.39 is 0 Å². The minimum absolute atomic E-state index is 0.0286. The lowest BCUT2D eigenvalue weighted by atomic mass is 10.6. The normalized spacial score (nSPS) is 10.7. The van der Waals surface area contributed by atoms with E-state index in [0.29, 0.717) is 85.8 Å². The third-order valence-electron chi connectivity index (χ3n) is 2.49. The van der Waals surface area contributed by atoms with Crippen LogP contribution in [0.15, 0.2) is 5.11 Å². The molecule has 0 heterocycles. The number of rotatable bonds is 20. The summed E-state index contributed by atoms with van der Waals surface area (Å²) in [6, 6.07) is 0. The predicted molar refractivity (Wildman–Crippen MR) is 86.0 cm³/mol. The zero-order valence-corrected chi connectivity index (χ0v) is 14.1. The van der Waals surface area contributed by atoms with Crippen molar-refractivity contribution < 1.29 is 33.5 Å². The maximum Gasteiger partial charge on any atom is 0.0701 e. The average molecular weight is 351 g/mol. The molecular formula is C14H29N3O7. The smallest absolute Gasteiger partial charge is 0.0701 e. The second kappa shape index (κ2) is 22.0. The Kier molecular flexibility index (Phi) is 21.1. The highest BCUT2D eigenvalue weighted by Crippen LogP contribution is 1.84. The Morgan fingerprint density at radius 2 is 0.917 bits per heavy atom. The molecule has 10 nitrogen and oxygen atoms in total. The van der Waals surface area contributed by atoms with Crippen molar-refractivity contribution in [3.63, 3.8) is 0 Å². The molecule has 1 N–H and O–H groups in total. The van der Waals surface area contributed by atoms with Crippen LogP contribution in [-0.4, -0.2) is 97.5 Å². The molecule has 0 fully saturated rings. The largest absolute Gasteiger partial charge is 0.394 e. The third kappa shape index (κ3) is 21.0. The number of aliphatic hydroxyl groups excluding tert-OH is 1. The molecule has 0 aliphatic rings. The first-order valence-electron chi connectivity index (χ1n) is 8.00. The van der Waals surface area contributed by atoms with Crippen LogP contribution in [0.2, 0.25) is 0 Å². The van der Waals surface area contributed by atoms with E-state index in [1.807, 2.05) is 0 Å². The summed E-state index contributed by atoms with van der Waals surface area (Å²) in [5.74, 6) is 0. The number of ether oxygens (including phenoxy) is 6. The molecule has 0 aromatic carbocycles. The zero-order chi connectivity index (χ0) is 17.6. The molecule has 10 heteroatoms. The lowest BCUT2D eigenvalue weighted by Gasteiger charge is -2.08. The Morgan fingerprint density at radius 1 is 0.583 bits per heavy atom. The van der Waals surface area contributed by atoms with E-state index in [2.05, 4.69) is 10.0 Å². The maximum atomic E-state index is 8.49. The highest BCUT2D eigenvalue weighted by atomic mass is 16.6. The molecule has 0 radical (unpaired) electrons. The van der Waals surface area contributed by atoms with E-state index in [-0.39, 0.29) is 6.61 Å². The molecule has 0 aliphatic heterocycles. The van der Waals surface area contributed by atoms with Crippen molar-refractivity contribution in [2.24, 2.45) is 5.11 Å². The highest BCUT2D eigenvalue weighted by Gasteiger charge is 1.93. The van der Waals surface area contributed by atoms with Crippen LogP contribution in [-0.2, 0) is 28.4 Å². The van der Waals surface area contributed by atoms with Crippen molar-refractivity contribution in [1.82, 2.24) is 0 Å². The molecule has 0 bridgehead atoms. The fourth-order valence-corrected chi connectivity index (χ4v) is 1.42. The predicted octanol–water partition coefficient (Wildman–Crippen LogP) is 0.389. The summed E-state index contributed by atoms with van der Waals surface area (Å²) in [6.45, 7) is 6.04. The molecule has 0 rings (SSSR count). The maximum absolute atomic E-state index is 8.49. The van der Waals surface area contributed by atoms with E-state index in [0.717, 1.165) is 0 Å². The van der Waals surface area contributed by atoms with Crippen LogP contribution in [0.4, 0.5) is 0 Å². The van der Waals surface area contributed by atoms with Gasteiger partial charge in [0, 0.05) is 11.5 Å². The molecule has 0 aromatic rings. The third-order valence-corrected chi connectivity index (χ3v) is 2.49. The second-order valence-electron chi connectivity index (χ2n) is 4.35. The topological polar surface area (TPSA) is 124 Å². The van der Waals surface area contributed by atoms with Crippen LogP contribution in [0.1, 0.15) is 0 Å². The van der Waals surface area contributed by atoms with Crippen molar-refractivity contribution in [1.29, 1.82) is 0 Å². The van der Waals surface area contributed by atoms with Gasteiger partial charge >= 0.3 is 0 Å². The minimum Gasteiger partial charge on any atom is -0.394 e. The first-order valence-corrected chi connectivity index (χ1v) is 8.00. The lowest BCUT2D eigenvalue weighted by molar-refractivity contribution is -0.0178. The standard InChI is InChI=1S/C14H29N3O7/c15-17-16-1-3-19-5-7-21-9-11-23-13-14-24-12-10-22-8-6-20-4-2-18/h18H,1-14H2. The molecule has 0 amide bonds. The molecular weight excluding hydrogens is 322 g/mol. The SMILES string of the molecule is [N-]=[N+]=NCCOCCOCCOCCOCCOCCOCCO. The molecule has 0 spiro atoms. The van der Waals surface area contributed by atoms with Crippen molar-refractivity contribution in [2.45, 2.75) is 0 Å². The molecule has 0 atom stereocenters. The molecule has 0 saturated carbocycles. The number of aliphatic hydroxyl groups is 1. The summed E-state index contributed by atoms with van der Waals surface area (Å²) in [7, 11) is 0. The van der Waals surface area contributed by atoms with Crippen LogP contribution in [0.5, 0.6) is 0 Å². The number of hydrogen-bond acceptors (Lipinski definition) is 8. The van der Waals surface area contributed by atoms with E-state index in [1.165, 1.54) is 0 Å². The quantitative estimate of drug-likeness (QED) is 0.146. The van der Waals surface area contributed by atoms with Crippen molar-refractivity contribution >= 4 is 0 Å². The van der Waals surface area contributed by atoms with E-state index in [4.69, 9.17) is 39.1 Å². The molecule has 0 unspecified atom stereocenters. The first-order chi connectivity index (χ1) is 11.9. The Hall–Kier alpha value is -0.970. The van der Waals surface area contributed by atoms with Crippen LogP contribution in [0.3, 0.4) is 0 Å². The second-order valence-corrected chi connectivity index (χ2v) is 4.35. The van der Waals surface area contributed by atoms with Gasteiger partial charge in [0.2, 0.25) is 0 Å². The van der Waals surface area contributed by atoms with Gasteiger partial charge in [0.05, 0.1) is 85.9 Å². The van der Waals surface area contributed by atoms with Crippen LogP contribution in [0.25, 0.3) is 10.4 Å². The molecule has 0 aliphatic carbocycles. The number of nitrogens with zero attached hydrogens (tertiary/aromatic N) is 3. The summed E-state index contributed by atoms with van der Waals surface area (Å²) < 4.78 is 31.4. The van der Waals surface area contributed by atoms with Gasteiger partial charge in [0.1, 0.15) is 0 Å². The Labute approximate surface area is 142 Å². The van der Waals surface area contributed by atoms with Gasteiger partial charge in [-0.25, -0.2) is 0 Å². The zero-order valence-electron chi connectivity index (χ0n) is 14.1. The Bertz CT molecular complexity index is 292. The van der Waals surface area contributed by atoms with Crippen molar-refractivity contribution in [2.75, 3.05) is 92.4 Å². The van der Waals surface area contributed by atoms with Gasteiger partial charge in [-0.3, -0.25) is 0 Å². The lowest BCUT2D eigenvalue weighted by Crippen LogP contribution is -2.14. The molecule has 24 heavy (non-hydrogen) atoms. The fourth-order valence-electron chi connectivity index (χ4n) is 1.42. The Balaban J connectivity index is 2.96. The first kappa shape index (κ1) is 23.0. The van der Waals surface area contributed by atoms with E-state index in [1.54, 1.807) is 0 Å². The fraction of sp³-hybridized carbons (Fsp3) is 1.00. The van der Waals surface area contributed by atoms with Crippen LogP contribution in [0, 0.1) is 0 Å². The van der Waals surface area contributed by atoms with Gasteiger partial charge < -0.3 is 33.5 Å². The van der Waals surface area contributed by atoms with Crippen LogP contribution < -0.4 is 0 Å². The monoisotopic (exact) mass is 351 g/mol. The number of hydrogen-bond donors (Lipinski definition) is 1. The van der Waals surface area contributed by atoms with Crippen molar-refractivity contribution in [3.8, 4) is 0 Å². The minimum atomic E-state index is 0.0286. The molecule has 0 aromatic heterocycles. The van der Waals surface area contributed by atoms with Gasteiger partial charge in [-0.15, -0.1) is 0 Å². The Morgan fingerprint density at radius 3 is 1.25 bits per heavy atom. The van der Waals surface area contributed by atoms with E-state index in [9.17, 15) is 0 Å². The molecule has 142 valence electrons. The van der Waals surface area contributed by atoms with Crippen LogP contribution >= 0.6 is 0 Å². The number of azide groups is 1. The average Bonchev–Trinajstić information content (AvgIpc) is 2.60.